The van der Waals surface area contributed by atoms with E-state index >= 15 is 0 Å². The van der Waals surface area contributed by atoms with Gasteiger partial charge in [-0.1, -0.05) is 6.07 Å². The van der Waals surface area contributed by atoms with Gasteiger partial charge >= 0.3 is 0 Å². The molecule has 0 aliphatic carbocycles. The van der Waals surface area contributed by atoms with Crippen LogP contribution in [0.2, 0.25) is 0 Å². The van der Waals surface area contributed by atoms with Crippen molar-refractivity contribution >= 4 is 28.6 Å². The molecule has 1 N–H and O–H groups in total. The molecule has 0 spiro atoms. The van der Waals surface area contributed by atoms with Crippen LogP contribution in [0.15, 0.2) is 30.6 Å². The van der Waals surface area contributed by atoms with Crippen molar-refractivity contribution in [2.75, 3.05) is 64.3 Å². The van der Waals surface area contributed by atoms with Gasteiger partial charge in [0.15, 0.2) is 5.82 Å². The molecule has 4 aromatic rings. The van der Waals surface area contributed by atoms with E-state index in [0.29, 0.717) is 61.5 Å². The Morgan fingerprint density at radius 3 is 2.47 bits per heavy atom. The Balaban J connectivity index is 1.57. The lowest BCUT2D eigenvalue weighted by atomic mass is 10.3. The highest BCUT2D eigenvalue weighted by Gasteiger charge is 2.25. The average Bonchev–Trinajstić information content (AvgIpc) is 3.33. The van der Waals surface area contributed by atoms with Gasteiger partial charge in [-0.3, -0.25) is 4.57 Å². The molecule has 1 aliphatic rings. The standard InChI is InChI=1S/C24H28F2N10O2/c1-34(2)8-7-18-27-13-15(14-28-18)29-22-31-23(35-9-11-38-12-10-35)33-24(32-22)36-16-5-4-6-17(37-3)19(16)30-21(36)20(25)26/h4-6,13-14,20H,7-12H2,1-3H3,(H,29,31,32,33). The first-order valence-electron chi connectivity index (χ1n) is 12.1. The number of ether oxygens (including phenoxy) is 2. The van der Waals surface area contributed by atoms with Crippen molar-refractivity contribution in [2.24, 2.45) is 0 Å². The van der Waals surface area contributed by atoms with Crippen molar-refractivity contribution in [3.8, 4) is 11.7 Å². The third-order valence-corrected chi connectivity index (χ3v) is 5.94. The second-order valence-electron chi connectivity index (χ2n) is 8.86. The first-order chi connectivity index (χ1) is 18.4. The second kappa shape index (κ2) is 11.1. The average molecular weight is 527 g/mol. The number of benzene rings is 1. The molecule has 0 atom stereocenters. The van der Waals surface area contributed by atoms with Crippen LogP contribution in [0.3, 0.4) is 0 Å². The zero-order chi connectivity index (χ0) is 26.6. The van der Waals surface area contributed by atoms with Crippen molar-refractivity contribution in [1.29, 1.82) is 0 Å². The smallest absolute Gasteiger partial charge is 0.296 e. The van der Waals surface area contributed by atoms with Gasteiger partial charge in [0.25, 0.3) is 6.43 Å². The number of rotatable bonds is 9. The molecule has 38 heavy (non-hydrogen) atoms. The van der Waals surface area contributed by atoms with Gasteiger partial charge in [0.2, 0.25) is 17.8 Å². The summed E-state index contributed by atoms with van der Waals surface area (Å²) in [6.45, 7) is 2.92. The molecule has 1 fully saturated rings. The lowest BCUT2D eigenvalue weighted by Gasteiger charge is -2.27. The molecule has 0 bridgehead atoms. The van der Waals surface area contributed by atoms with E-state index in [-0.39, 0.29) is 17.4 Å². The van der Waals surface area contributed by atoms with Gasteiger partial charge < -0.3 is 24.6 Å². The van der Waals surface area contributed by atoms with Crippen LogP contribution < -0.4 is 15.0 Å². The number of methoxy groups -OCH3 is 1. The molecule has 14 heteroatoms. The number of hydrogen-bond donors (Lipinski definition) is 1. The van der Waals surface area contributed by atoms with E-state index in [1.807, 2.05) is 19.0 Å². The Hall–Kier alpha value is -4.04. The largest absolute Gasteiger partial charge is 0.494 e. The number of halogens is 2. The van der Waals surface area contributed by atoms with Gasteiger partial charge in [0, 0.05) is 26.1 Å². The molecule has 0 radical (unpaired) electrons. The predicted octanol–water partition coefficient (Wildman–Crippen LogP) is 2.63. The number of hydrogen-bond acceptors (Lipinski definition) is 11. The van der Waals surface area contributed by atoms with Crippen LogP contribution in [0.5, 0.6) is 5.75 Å². The zero-order valence-corrected chi connectivity index (χ0v) is 21.3. The topological polar surface area (TPSA) is 119 Å². The van der Waals surface area contributed by atoms with Gasteiger partial charge in [0.1, 0.15) is 17.1 Å². The van der Waals surface area contributed by atoms with E-state index in [2.05, 4.69) is 40.1 Å². The Bertz CT molecular complexity index is 1390. The minimum atomic E-state index is -2.88. The Morgan fingerprint density at radius 1 is 1.05 bits per heavy atom. The Labute approximate surface area is 217 Å². The number of nitrogens with one attached hydrogen (secondary N) is 1. The van der Waals surface area contributed by atoms with Crippen LogP contribution in [0, 0.1) is 0 Å². The highest BCUT2D eigenvalue weighted by atomic mass is 19.3. The fourth-order valence-electron chi connectivity index (χ4n) is 4.03. The highest BCUT2D eigenvalue weighted by molar-refractivity contribution is 5.84. The summed E-state index contributed by atoms with van der Waals surface area (Å²) in [6, 6.07) is 5.03. The van der Waals surface area contributed by atoms with Crippen molar-refractivity contribution < 1.29 is 18.3 Å². The highest BCUT2D eigenvalue weighted by Crippen LogP contribution is 2.32. The maximum absolute atomic E-state index is 14.2. The summed E-state index contributed by atoms with van der Waals surface area (Å²) in [4.78, 5) is 30.6. The normalized spacial score (nSPS) is 14.0. The van der Waals surface area contributed by atoms with Crippen LogP contribution in [0.25, 0.3) is 17.0 Å². The van der Waals surface area contributed by atoms with E-state index < -0.39 is 12.2 Å². The number of nitrogens with zero attached hydrogens (tertiary/aromatic N) is 9. The van der Waals surface area contributed by atoms with E-state index in [1.54, 1.807) is 30.6 Å². The number of likely N-dealkylation sites (N-methyl/N-ethyl adjacent to an activating group) is 1. The summed E-state index contributed by atoms with van der Waals surface area (Å²) in [5.74, 6) is 1.06. The minimum Gasteiger partial charge on any atom is -0.494 e. The monoisotopic (exact) mass is 526 g/mol. The number of anilines is 3. The number of fused-ring (bicyclic) bond motifs is 1. The summed E-state index contributed by atoms with van der Waals surface area (Å²) >= 11 is 0. The molecule has 5 rings (SSSR count). The van der Waals surface area contributed by atoms with E-state index in [4.69, 9.17) is 9.47 Å². The number of aromatic nitrogens is 7. The van der Waals surface area contributed by atoms with Crippen LogP contribution in [-0.4, -0.2) is 93.4 Å². The van der Waals surface area contributed by atoms with E-state index in [1.165, 1.54) is 11.7 Å². The third kappa shape index (κ3) is 5.45. The van der Waals surface area contributed by atoms with Crippen molar-refractivity contribution in [3.63, 3.8) is 0 Å². The predicted molar refractivity (Wildman–Crippen MR) is 137 cm³/mol. The molecule has 0 amide bonds. The fraction of sp³-hybridized carbons (Fsp3) is 0.417. The van der Waals surface area contributed by atoms with Gasteiger partial charge in [-0.15, -0.1) is 0 Å². The van der Waals surface area contributed by atoms with Crippen LogP contribution in [-0.2, 0) is 11.2 Å². The first kappa shape index (κ1) is 25.6. The molecule has 1 aromatic carbocycles. The lowest BCUT2D eigenvalue weighted by Crippen LogP contribution is -2.37. The molecule has 200 valence electrons. The molecule has 0 saturated carbocycles. The lowest BCUT2D eigenvalue weighted by molar-refractivity contribution is 0.122. The summed E-state index contributed by atoms with van der Waals surface area (Å²) in [7, 11) is 5.43. The zero-order valence-electron chi connectivity index (χ0n) is 21.3. The summed E-state index contributed by atoms with van der Waals surface area (Å²) < 4.78 is 40.4. The van der Waals surface area contributed by atoms with Gasteiger partial charge in [-0.25, -0.2) is 23.7 Å². The molecular formula is C24H28F2N10O2. The third-order valence-electron chi connectivity index (χ3n) is 5.94. The maximum atomic E-state index is 14.2. The minimum absolute atomic E-state index is 0.00133. The van der Waals surface area contributed by atoms with Crippen molar-refractivity contribution in [1.82, 2.24) is 39.4 Å². The molecule has 0 unspecified atom stereocenters. The van der Waals surface area contributed by atoms with Gasteiger partial charge in [-0.05, 0) is 26.2 Å². The number of para-hydroxylation sites is 1. The number of morpholine rings is 1. The van der Waals surface area contributed by atoms with Gasteiger partial charge in [-0.2, -0.15) is 15.0 Å². The number of alkyl halides is 2. The Morgan fingerprint density at radius 2 is 1.79 bits per heavy atom. The quantitative estimate of drug-likeness (QED) is 0.347. The SMILES string of the molecule is COc1cccc2c1nc(C(F)F)n2-c1nc(Nc2cnc(CCN(C)C)nc2)nc(N2CCOCC2)n1. The van der Waals surface area contributed by atoms with E-state index in [0.717, 1.165) is 6.54 Å². The molecule has 1 aliphatic heterocycles. The van der Waals surface area contributed by atoms with Crippen molar-refractivity contribution in [2.45, 2.75) is 12.8 Å². The summed E-state index contributed by atoms with van der Waals surface area (Å²) in [6.07, 6.45) is 1.10. The number of imidazole rings is 1. The summed E-state index contributed by atoms with van der Waals surface area (Å²) in [5, 5.41) is 3.10. The van der Waals surface area contributed by atoms with Crippen molar-refractivity contribution in [3.05, 3.63) is 42.2 Å². The van der Waals surface area contributed by atoms with Crippen LogP contribution in [0.4, 0.5) is 26.4 Å². The van der Waals surface area contributed by atoms with E-state index in [9.17, 15) is 8.78 Å². The molecule has 1 saturated heterocycles. The van der Waals surface area contributed by atoms with Gasteiger partial charge in [0.05, 0.1) is 43.9 Å². The Kier molecular flexibility index (Phi) is 7.51. The van der Waals surface area contributed by atoms with Crippen LogP contribution in [0.1, 0.15) is 18.1 Å². The maximum Gasteiger partial charge on any atom is 0.296 e. The fourth-order valence-corrected chi connectivity index (χ4v) is 4.03. The molecule has 4 heterocycles. The summed E-state index contributed by atoms with van der Waals surface area (Å²) in [5.41, 5.74) is 1.23. The first-order valence-corrected chi connectivity index (χ1v) is 12.1. The molecular weight excluding hydrogens is 498 g/mol. The second-order valence-corrected chi connectivity index (χ2v) is 8.86. The molecule has 3 aromatic heterocycles. The molecule has 12 nitrogen and oxygen atoms in total. The van der Waals surface area contributed by atoms with Crippen LogP contribution >= 0.6 is 0 Å².